The van der Waals surface area contributed by atoms with Gasteiger partial charge in [-0.3, -0.25) is 9.59 Å². The second-order valence-electron chi connectivity index (χ2n) is 6.19. The van der Waals surface area contributed by atoms with Gasteiger partial charge in [0.05, 0.1) is 11.6 Å². The third-order valence-electron chi connectivity index (χ3n) is 4.39. The van der Waals surface area contributed by atoms with E-state index < -0.39 is 0 Å². The highest BCUT2D eigenvalue weighted by atomic mass is 16.5. The Labute approximate surface area is 147 Å². The maximum absolute atomic E-state index is 13.1. The van der Waals surface area contributed by atoms with Crippen molar-refractivity contribution in [3.8, 4) is 0 Å². The van der Waals surface area contributed by atoms with Gasteiger partial charge >= 0.3 is 5.97 Å². The number of hydrogen-bond donors (Lipinski definition) is 0. The summed E-state index contributed by atoms with van der Waals surface area (Å²) in [6.07, 6.45) is 0. The van der Waals surface area contributed by atoms with Gasteiger partial charge in [0, 0.05) is 29.1 Å². The minimum atomic E-state index is -0.304. The largest absolute Gasteiger partial charge is 0.464 e. The summed E-state index contributed by atoms with van der Waals surface area (Å²) in [5.41, 5.74) is 3.23. The summed E-state index contributed by atoms with van der Waals surface area (Å²) >= 11 is 0. The second kappa shape index (κ2) is 6.93. The van der Waals surface area contributed by atoms with Crippen LogP contribution in [0, 0.1) is 6.92 Å². The molecule has 0 aliphatic rings. The number of esters is 1. The third-order valence-corrected chi connectivity index (χ3v) is 4.39. The summed E-state index contributed by atoms with van der Waals surface area (Å²) in [7, 11) is 0. The van der Waals surface area contributed by atoms with Crippen LogP contribution in [0.2, 0.25) is 0 Å². The number of hydrogen-bond acceptors (Lipinski definition) is 3. The fourth-order valence-electron chi connectivity index (χ4n) is 3.29. The summed E-state index contributed by atoms with van der Waals surface area (Å²) in [6, 6.07) is 17.1. The van der Waals surface area contributed by atoms with E-state index in [0.29, 0.717) is 11.1 Å². The predicted molar refractivity (Wildman–Crippen MR) is 97.9 cm³/mol. The number of ether oxygens (including phenoxy) is 1. The van der Waals surface area contributed by atoms with E-state index in [1.807, 2.05) is 68.4 Å². The summed E-state index contributed by atoms with van der Waals surface area (Å²) in [4.78, 5) is 24.2. The molecule has 0 saturated heterocycles. The van der Waals surface area contributed by atoms with Gasteiger partial charge in [0.1, 0.15) is 6.61 Å². The van der Waals surface area contributed by atoms with Crippen molar-refractivity contribution in [1.82, 2.24) is 4.57 Å². The average molecular weight is 335 g/mol. The minimum Gasteiger partial charge on any atom is -0.464 e. The van der Waals surface area contributed by atoms with Crippen molar-refractivity contribution < 1.29 is 14.3 Å². The van der Waals surface area contributed by atoms with E-state index in [-0.39, 0.29) is 24.4 Å². The van der Waals surface area contributed by atoms with Crippen molar-refractivity contribution in [2.75, 3.05) is 6.61 Å². The van der Waals surface area contributed by atoms with E-state index >= 15 is 0 Å². The Morgan fingerprint density at radius 1 is 1.04 bits per heavy atom. The quantitative estimate of drug-likeness (QED) is 0.516. The second-order valence-corrected chi connectivity index (χ2v) is 6.19. The van der Waals surface area contributed by atoms with Crippen LogP contribution in [0.3, 0.4) is 0 Å². The molecule has 1 heterocycles. The molecular formula is C21H21NO3. The van der Waals surface area contributed by atoms with E-state index in [9.17, 15) is 9.59 Å². The lowest BCUT2D eigenvalue weighted by Gasteiger charge is -2.17. The first-order valence-electron chi connectivity index (χ1n) is 8.33. The Bertz CT molecular complexity index is 925. The number of aromatic nitrogens is 1. The standard InChI is InChI=1S/C21H21NO3/c1-14(13-25-16(3)23)22-15(2)20(18-11-7-8-12-19(18)22)21(24)17-9-5-4-6-10-17/h4-12,14H,13H2,1-3H3/t14-/m0/s1. The van der Waals surface area contributed by atoms with Crippen LogP contribution in [0.25, 0.3) is 10.9 Å². The monoisotopic (exact) mass is 335 g/mol. The van der Waals surface area contributed by atoms with Gasteiger partial charge in [-0.15, -0.1) is 0 Å². The summed E-state index contributed by atoms with van der Waals surface area (Å²) in [5, 5.41) is 0.920. The fourth-order valence-corrected chi connectivity index (χ4v) is 3.29. The molecule has 0 bridgehead atoms. The Kier molecular flexibility index (Phi) is 4.70. The molecule has 128 valence electrons. The molecule has 3 aromatic rings. The Morgan fingerprint density at radius 2 is 1.68 bits per heavy atom. The van der Waals surface area contributed by atoms with E-state index in [1.54, 1.807) is 0 Å². The van der Waals surface area contributed by atoms with Crippen molar-refractivity contribution in [3.05, 3.63) is 71.4 Å². The van der Waals surface area contributed by atoms with Crippen LogP contribution >= 0.6 is 0 Å². The molecule has 1 atom stereocenters. The van der Waals surface area contributed by atoms with E-state index in [1.165, 1.54) is 6.92 Å². The van der Waals surface area contributed by atoms with Crippen molar-refractivity contribution >= 4 is 22.7 Å². The van der Waals surface area contributed by atoms with Crippen LogP contribution in [-0.2, 0) is 9.53 Å². The first-order chi connectivity index (χ1) is 12.0. The molecule has 0 N–H and O–H groups in total. The van der Waals surface area contributed by atoms with Crippen molar-refractivity contribution in [2.45, 2.75) is 26.8 Å². The zero-order chi connectivity index (χ0) is 18.0. The van der Waals surface area contributed by atoms with Gasteiger partial charge in [-0.2, -0.15) is 0 Å². The summed E-state index contributed by atoms with van der Waals surface area (Å²) in [5.74, 6) is -0.297. The number of para-hydroxylation sites is 1. The molecular weight excluding hydrogens is 314 g/mol. The highest BCUT2D eigenvalue weighted by Gasteiger charge is 2.23. The lowest BCUT2D eigenvalue weighted by Crippen LogP contribution is -2.16. The average Bonchev–Trinajstić information content (AvgIpc) is 2.91. The summed E-state index contributed by atoms with van der Waals surface area (Å²) in [6.45, 7) is 5.60. The molecule has 0 radical (unpaired) electrons. The topological polar surface area (TPSA) is 48.3 Å². The molecule has 0 saturated carbocycles. The number of ketones is 1. The lowest BCUT2D eigenvalue weighted by molar-refractivity contribution is -0.141. The van der Waals surface area contributed by atoms with Gasteiger partial charge in [-0.05, 0) is 19.9 Å². The van der Waals surface area contributed by atoms with Gasteiger partial charge in [0.25, 0.3) is 0 Å². The number of carbonyl (C=O) groups is 2. The molecule has 0 spiro atoms. The normalized spacial score (nSPS) is 12.1. The zero-order valence-electron chi connectivity index (χ0n) is 14.7. The molecule has 4 heteroatoms. The van der Waals surface area contributed by atoms with Crippen LogP contribution in [0.1, 0.15) is 41.5 Å². The SMILES string of the molecule is CC(=O)OC[C@H](C)n1c(C)c(C(=O)c2ccccc2)c2ccccc21. The number of carbonyl (C=O) groups excluding carboxylic acids is 2. The Hall–Kier alpha value is -2.88. The molecule has 0 unspecified atom stereocenters. The van der Waals surface area contributed by atoms with Gasteiger partial charge in [0.15, 0.2) is 5.78 Å². The van der Waals surface area contributed by atoms with Gasteiger partial charge in [0.2, 0.25) is 0 Å². The first-order valence-corrected chi connectivity index (χ1v) is 8.33. The molecule has 2 aromatic carbocycles. The number of fused-ring (bicyclic) bond motifs is 1. The molecule has 3 rings (SSSR count). The number of benzene rings is 2. The van der Waals surface area contributed by atoms with Crippen LogP contribution in [-0.4, -0.2) is 22.9 Å². The zero-order valence-corrected chi connectivity index (χ0v) is 14.7. The molecule has 0 amide bonds. The number of nitrogens with zero attached hydrogens (tertiary/aromatic N) is 1. The maximum atomic E-state index is 13.1. The van der Waals surface area contributed by atoms with E-state index in [2.05, 4.69) is 4.57 Å². The smallest absolute Gasteiger partial charge is 0.302 e. The Morgan fingerprint density at radius 3 is 2.36 bits per heavy atom. The fraction of sp³-hybridized carbons (Fsp3) is 0.238. The molecule has 1 aromatic heterocycles. The van der Waals surface area contributed by atoms with Crippen LogP contribution in [0.5, 0.6) is 0 Å². The molecule has 4 nitrogen and oxygen atoms in total. The van der Waals surface area contributed by atoms with Crippen molar-refractivity contribution in [1.29, 1.82) is 0 Å². The molecule has 0 aliphatic heterocycles. The highest BCUT2D eigenvalue weighted by Crippen LogP contribution is 2.31. The predicted octanol–water partition coefficient (Wildman–Crippen LogP) is 4.30. The van der Waals surface area contributed by atoms with E-state index in [4.69, 9.17) is 4.74 Å². The highest BCUT2D eigenvalue weighted by molar-refractivity contribution is 6.17. The minimum absolute atomic E-state index is 0.00716. The molecule has 0 fully saturated rings. The Balaban J connectivity index is 2.13. The first kappa shape index (κ1) is 17.0. The molecule has 25 heavy (non-hydrogen) atoms. The van der Waals surface area contributed by atoms with Crippen molar-refractivity contribution in [3.63, 3.8) is 0 Å². The third kappa shape index (κ3) is 3.20. The molecule has 0 aliphatic carbocycles. The van der Waals surface area contributed by atoms with Crippen LogP contribution in [0.15, 0.2) is 54.6 Å². The van der Waals surface area contributed by atoms with Crippen LogP contribution in [0.4, 0.5) is 0 Å². The number of rotatable bonds is 5. The van der Waals surface area contributed by atoms with Gasteiger partial charge in [-0.1, -0.05) is 48.5 Å². The van der Waals surface area contributed by atoms with Crippen molar-refractivity contribution in [2.24, 2.45) is 0 Å². The van der Waals surface area contributed by atoms with Gasteiger partial charge in [-0.25, -0.2) is 0 Å². The van der Waals surface area contributed by atoms with E-state index in [0.717, 1.165) is 16.6 Å². The summed E-state index contributed by atoms with van der Waals surface area (Å²) < 4.78 is 7.25. The lowest BCUT2D eigenvalue weighted by atomic mass is 10.0. The maximum Gasteiger partial charge on any atom is 0.302 e. The van der Waals surface area contributed by atoms with Crippen LogP contribution < -0.4 is 0 Å². The van der Waals surface area contributed by atoms with Gasteiger partial charge < -0.3 is 9.30 Å².